The van der Waals surface area contributed by atoms with E-state index in [1.807, 2.05) is 20.8 Å². The molecule has 7 heteroatoms. The van der Waals surface area contributed by atoms with Gasteiger partial charge < -0.3 is 24.4 Å². The molecule has 2 heterocycles. The van der Waals surface area contributed by atoms with Crippen molar-refractivity contribution in [2.75, 3.05) is 39.5 Å². The molecule has 2 aliphatic rings. The molecule has 0 aromatic carbocycles. The summed E-state index contributed by atoms with van der Waals surface area (Å²) in [5.74, 6) is -0.149. The van der Waals surface area contributed by atoms with E-state index in [-0.39, 0.29) is 18.6 Å². The predicted molar refractivity (Wildman–Crippen MR) is 70.3 cm³/mol. The zero-order valence-electron chi connectivity index (χ0n) is 12.2. The molecule has 0 saturated carbocycles. The minimum absolute atomic E-state index is 0.00841. The molecule has 2 saturated heterocycles. The van der Waals surface area contributed by atoms with Gasteiger partial charge in [0.15, 0.2) is 0 Å². The molecule has 0 aromatic heterocycles. The lowest BCUT2D eigenvalue weighted by Gasteiger charge is -2.38. The first kappa shape index (κ1) is 15.1. The Morgan fingerprint density at radius 3 is 2.80 bits per heavy atom. The van der Waals surface area contributed by atoms with Crippen LogP contribution in [0.2, 0.25) is 0 Å². The van der Waals surface area contributed by atoms with E-state index in [9.17, 15) is 9.59 Å². The van der Waals surface area contributed by atoms with Gasteiger partial charge in [0.1, 0.15) is 17.8 Å². The minimum atomic E-state index is -0.679. The third kappa shape index (κ3) is 3.83. The van der Waals surface area contributed by atoms with Crippen LogP contribution in [0, 0.1) is 0 Å². The Morgan fingerprint density at radius 1 is 1.45 bits per heavy atom. The van der Waals surface area contributed by atoms with Crippen LogP contribution < -0.4 is 5.32 Å². The topological polar surface area (TPSA) is 77.1 Å². The SMILES string of the molecule is CC(C)(C)OC(=O)N1CCOCC2(CNC(=O)CO2)C1. The van der Waals surface area contributed by atoms with Crippen LogP contribution in [-0.2, 0) is 19.0 Å². The fourth-order valence-electron chi connectivity index (χ4n) is 2.16. The van der Waals surface area contributed by atoms with Crippen molar-refractivity contribution in [3.05, 3.63) is 0 Å². The first-order chi connectivity index (χ1) is 9.30. The molecular weight excluding hydrogens is 264 g/mol. The molecule has 0 aliphatic carbocycles. The van der Waals surface area contributed by atoms with Gasteiger partial charge in [-0.05, 0) is 20.8 Å². The van der Waals surface area contributed by atoms with Crippen LogP contribution >= 0.6 is 0 Å². The highest BCUT2D eigenvalue weighted by Gasteiger charge is 2.41. The molecule has 0 radical (unpaired) electrons. The molecule has 1 spiro atoms. The number of carbonyl (C=O) groups is 2. The Balaban J connectivity index is 2.03. The molecule has 114 valence electrons. The highest BCUT2D eigenvalue weighted by atomic mass is 16.6. The number of hydrogen-bond donors (Lipinski definition) is 1. The number of morpholine rings is 1. The first-order valence-corrected chi connectivity index (χ1v) is 6.76. The van der Waals surface area contributed by atoms with Crippen LogP contribution in [-0.4, -0.2) is 67.6 Å². The van der Waals surface area contributed by atoms with Crippen molar-refractivity contribution in [1.82, 2.24) is 10.2 Å². The summed E-state index contributed by atoms with van der Waals surface area (Å²) in [5.41, 5.74) is -1.22. The van der Waals surface area contributed by atoms with Crippen molar-refractivity contribution in [3.63, 3.8) is 0 Å². The molecule has 2 aliphatic heterocycles. The zero-order chi connectivity index (χ0) is 14.8. The van der Waals surface area contributed by atoms with Crippen molar-refractivity contribution in [3.8, 4) is 0 Å². The second-order valence-corrected chi connectivity index (χ2v) is 6.20. The van der Waals surface area contributed by atoms with Gasteiger partial charge in [0.05, 0.1) is 26.3 Å². The molecule has 2 rings (SSSR count). The van der Waals surface area contributed by atoms with E-state index in [0.717, 1.165) is 0 Å². The molecule has 1 atom stereocenters. The van der Waals surface area contributed by atoms with E-state index < -0.39 is 11.2 Å². The number of carbonyl (C=O) groups excluding carboxylic acids is 2. The fourth-order valence-corrected chi connectivity index (χ4v) is 2.16. The molecule has 2 fully saturated rings. The summed E-state index contributed by atoms with van der Waals surface area (Å²) in [6.07, 6.45) is -0.386. The van der Waals surface area contributed by atoms with Crippen molar-refractivity contribution < 1.29 is 23.8 Å². The number of rotatable bonds is 0. The highest BCUT2D eigenvalue weighted by Crippen LogP contribution is 2.21. The summed E-state index contributed by atoms with van der Waals surface area (Å²) >= 11 is 0. The maximum atomic E-state index is 12.2. The summed E-state index contributed by atoms with van der Waals surface area (Å²) in [6.45, 7) is 7.39. The van der Waals surface area contributed by atoms with Crippen LogP contribution in [0.15, 0.2) is 0 Å². The maximum absolute atomic E-state index is 12.2. The molecule has 7 nitrogen and oxygen atoms in total. The smallest absolute Gasteiger partial charge is 0.410 e. The third-order valence-corrected chi connectivity index (χ3v) is 3.12. The van der Waals surface area contributed by atoms with Gasteiger partial charge in [0.2, 0.25) is 5.91 Å². The molecule has 2 amide bonds. The molecule has 20 heavy (non-hydrogen) atoms. The fraction of sp³-hybridized carbons (Fsp3) is 0.846. The summed E-state index contributed by atoms with van der Waals surface area (Å²) in [7, 11) is 0. The third-order valence-electron chi connectivity index (χ3n) is 3.12. The van der Waals surface area contributed by atoms with E-state index in [1.165, 1.54) is 0 Å². The average molecular weight is 286 g/mol. The predicted octanol–water partition coefficient (Wildman–Crippen LogP) is 0.139. The zero-order valence-corrected chi connectivity index (χ0v) is 12.2. The second-order valence-electron chi connectivity index (χ2n) is 6.20. The lowest BCUT2D eigenvalue weighted by molar-refractivity contribution is -0.151. The van der Waals surface area contributed by atoms with Gasteiger partial charge in [0.25, 0.3) is 0 Å². The quantitative estimate of drug-likeness (QED) is 0.685. The van der Waals surface area contributed by atoms with E-state index in [1.54, 1.807) is 4.90 Å². The number of ether oxygens (including phenoxy) is 3. The Hall–Kier alpha value is -1.34. The second kappa shape index (κ2) is 5.57. The van der Waals surface area contributed by atoms with Gasteiger partial charge in [-0.3, -0.25) is 4.79 Å². The molecule has 1 unspecified atom stereocenters. The molecule has 0 aromatic rings. The number of nitrogens with zero attached hydrogens (tertiary/aromatic N) is 1. The Labute approximate surface area is 118 Å². The van der Waals surface area contributed by atoms with Crippen LogP contribution in [0.3, 0.4) is 0 Å². The maximum Gasteiger partial charge on any atom is 0.410 e. The van der Waals surface area contributed by atoms with Gasteiger partial charge in [-0.15, -0.1) is 0 Å². The summed E-state index contributed by atoms with van der Waals surface area (Å²) < 4.78 is 16.5. The van der Waals surface area contributed by atoms with E-state index in [0.29, 0.717) is 32.8 Å². The Bertz CT molecular complexity index is 381. The Morgan fingerprint density at radius 2 is 2.20 bits per heavy atom. The van der Waals surface area contributed by atoms with E-state index in [2.05, 4.69) is 5.32 Å². The van der Waals surface area contributed by atoms with Crippen LogP contribution in [0.5, 0.6) is 0 Å². The summed E-state index contributed by atoms with van der Waals surface area (Å²) in [5, 5.41) is 2.76. The molecular formula is C13H22N2O5. The lowest BCUT2D eigenvalue weighted by Crippen LogP contribution is -2.60. The van der Waals surface area contributed by atoms with Crippen LogP contribution in [0.25, 0.3) is 0 Å². The van der Waals surface area contributed by atoms with Crippen molar-refractivity contribution in [2.45, 2.75) is 32.0 Å². The van der Waals surface area contributed by atoms with Gasteiger partial charge in [-0.2, -0.15) is 0 Å². The lowest BCUT2D eigenvalue weighted by atomic mass is 10.0. The molecule has 1 N–H and O–H groups in total. The van der Waals surface area contributed by atoms with Gasteiger partial charge >= 0.3 is 6.09 Å². The number of amides is 2. The number of hydrogen-bond acceptors (Lipinski definition) is 5. The molecule has 0 bridgehead atoms. The van der Waals surface area contributed by atoms with Crippen LogP contribution in [0.1, 0.15) is 20.8 Å². The normalized spacial score (nSPS) is 27.9. The summed E-state index contributed by atoms with van der Waals surface area (Å²) in [6, 6.07) is 0. The van der Waals surface area contributed by atoms with Crippen molar-refractivity contribution in [1.29, 1.82) is 0 Å². The minimum Gasteiger partial charge on any atom is -0.444 e. The largest absolute Gasteiger partial charge is 0.444 e. The Kier molecular flexibility index (Phi) is 4.19. The van der Waals surface area contributed by atoms with E-state index in [4.69, 9.17) is 14.2 Å². The van der Waals surface area contributed by atoms with E-state index >= 15 is 0 Å². The standard InChI is InChI=1S/C13H22N2O5/c1-12(2,3)20-11(17)15-4-5-18-9-13(8-15)7-14-10(16)6-19-13/h4-9H2,1-3H3,(H,14,16). The first-order valence-electron chi connectivity index (χ1n) is 6.76. The monoisotopic (exact) mass is 286 g/mol. The highest BCUT2D eigenvalue weighted by molar-refractivity contribution is 5.78. The van der Waals surface area contributed by atoms with Gasteiger partial charge in [-0.25, -0.2) is 4.79 Å². The van der Waals surface area contributed by atoms with Gasteiger partial charge in [-0.1, -0.05) is 0 Å². The number of nitrogens with one attached hydrogen (secondary N) is 1. The summed E-state index contributed by atoms with van der Waals surface area (Å²) in [4.78, 5) is 24.9. The van der Waals surface area contributed by atoms with Crippen molar-refractivity contribution in [2.24, 2.45) is 0 Å². The van der Waals surface area contributed by atoms with Gasteiger partial charge in [0, 0.05) is 6.54 Å². The van der Waals surface area contributed by atoms with Crippen LogP contribution in [0.4, 0.5) is 4.79 Å². The average Bonchev–Trinajstić information content (AvgIpc) is 2.55. The van der Waals surface area contributed by atoms with Crippen molar-refractivity contribution >= 4 is 12.0 Å².